The number of nitrogens with one attached hydrogen (secondary N) is 1. The van der Waals surface area contributed by atoms with Gasteiger partial charge in [0.2, 0.25) is 16.9 Å². The second-order valence-corrected chi connectivity index (χ2v) is 8.39. The molecule has 10 heteroatoms. The van der Waals surface area contributed by atoms with E-state index in [2.05, 4.69) is 16.9 Å². The van der Waals surface area contributed by atoms with Crippen molar-refractivity contribution < 1.29 is 27.9 Å². The Bertz CT molecular complexity index is 1440. The smallest absolute Gasteiger partial charge is 0.350 e. The summed E-state index contributed by atoms with van der Waals surface area (Å²) in [6.45, 7) is 6.95. The van der Waals surface area contributed by atoms with E-state index in [1.54, 1.807) is 50.2 Å². The predicted octanol–water partition coefficient (Wildman–Crippen LogP) is 4.96. The number of hydrogen-bond donors (Lipinski definition) is 1. The lowest BCUT2D eigenvalue weighted by molar-refractivity contribution is -0.122. The molecule has 0 saturated heterocycles. The predicted molar refractivity (Wildman–Crippen MR) is 131 cm³/mol. The zero-order chi connectivity index (χ0) is 24.9. The van der Waals surface area contributed by atoms with Gasteiger partial charge in [0.25, 0.3) is 5.91 Å². The number of esters is 1. The number of benzene rings is 1. The standard InChI is InChI=1S/C25H22N2O7S/c1-4-12-32-24(30)22-14(3)26-25(35-22)27-23(29)16(5-2)33-21-19(28)15-9-6-7-10-17(15)34-20(21)18-11-8-13-31-18/h4,6-11,13,16H,1,5,12H2,2-3H3,(H,26,27,29). The molecular formula is C25H22N2O7S. The van der Waals surface area contributed by atoms with Crippen LogP contribution in [-0.2, 0) is 9.53 Å². The molecule has 3 aromatic heterocycles. The van der Waals surface area contributed by atoms with Crippen LogP contribution in [0.4, 0.5) is 5.13 Å². The molecular weight excluding hydrogens is 472 g/mol. The van der Waals surface area contributed by atoms with Crippen LogP contribution in [0.1, 0.15) is 28.7 Å². The molecule has 0 aliphatic carbocycles. The van der Waals surface area contributed by atoms with Crippen LogP contribution >= 0.6 is 11.3 Å². The van der Waals surface area contributed by atoms with E-state index in [1.807, 2.05) is 0 Å². The first kappa shape index (κ1) is 24.0. The Morgan fingerprint density at radius 1 is 1.26 bits per heavy atom. The van der Waals surface area contributed by atoms with Crippen molar-refractivity contribution in [1.82, 2.24) is 4.98 Å². The van der Waals surface area contributed by atoms with Gasteiger partial charge in [-0.05, 0) is 37.6 Å². The van der Waals surface area contributed by atoms with Gasteiger partial charge in [0.05, 0.1) is 17.3 Å². The normalized spacial score (nSPS) is 11.7. The largest absolute Gasteiger partial charge is 0.473 e. The molecule has 4 aromatic rings. The number of amides is 1. The van der Waals surface area contributed by atoms with E-state index in [0.29, 0.717) is 16.7 Å². The molecule has 35 heavy (non-hydrogen) atoms. The maximum Gasteiger partial charge on any atom is 0.350 e. The van der Waals surface area contributed by atoms with Crippen LogP contribution in [0.15, 0.2) is 68.9 Å². The first-order chi connectivity index (χ1) is 16.9. The number of para-hydroxylation sites is 1. The molecule has 0 aliphatic rings. The summed E-state index contributed by atoms with van der Waals surface area (Å²) in [5.41, 5.74) is 0.355. The van der Waals surface area contributed by atoms with Crippen molar-refractivity contribution in [2.45, 2.75) is 26.4 Å². The monoisotopic (exact) mass is 494 g/mol. The molecule has 0 bridgehead atoms. The Kier molecular flexibility index (Phi) is 7.11. The Balaban J connectivity index is 1.62. The van der Waals surface area contributed by atoms with E-state index in [0.717, 1.165) is 11.3 Å². The Morgan fingerprint density at radius 3 is 2.77 bits per heavy atom. The van der Waals surface area contributed by atoms with Gasteiger partial charge >= 0.3 is 5.97 Å². The summed E-state index contributed by atoms with van der Waals surface area (Å²) in [4.78, 5) is 42.9. The van der Waals surface area contributed by atoms with Gasteiger partial charge in [0, 0.05) is 0 Å². The first-order valence-electron chi connectivity index (χ1n) is 10.8. The van der Waals surface area contributed by atoms with Gasteiger partial charge in [-0.25, -0.2) is 9.78 Å². The summed E-state index contributed by atoms with van der Waals surface area (Å²) < 4.78 is 22.3. The molecule has 9 nitrogen and oxygen atoms in total. The van der Waals surface area contributed by atoms with Crippen LogP contribution in [0, 0.1) is 6.92 Å². The number of fused-ring (bicyclic) bond motifs is 1. The lowest BCUT2D eigenvalue weighted by Crippen LogP contribution is -2.34. The minimum absolute atomic E-state index is 0.0654. The minimum Gasteiger partial charge on any atom is -0.473 e. The summed E-state index contributed by atoms with van der Waals surface area (Å²) in [5.74, 6) is -0.853. The van der Waals surface area contributed by atoms with E-state index >= 15 is 0 Å². The third-order valence-corrected chi connectivity index (χ3v) is 6.02. The fraction of sp³-hybridized carbons (Fsp3) is 0.200. The van der Waals surface area contributed by atoms with Crippen molar-refractivity contribution in [3.8, 4) is 17.3 Å². The summed E-state index contributed by atoms with van der Waals surface area (Å²) in [7, 11) is 0. The van der Waals surface area contributed by atoms with E-state index in [-0.39, 0.29) is 40.3 Å². The van der Waals surface area contributed by atoms with Gasteiger partial charge in [-0.3, -0.25) is 14.9 Å². The van der Waals surface area contributed by atoms with Crippen LogP contribution < -0.4 is 15.5 Å². The van der Waals surface area contributed by atoms with Crippen molar-refractivity contribution in [1.29, 1.82) is 0 Å². The number of nitrogens with zero attached hydrogens (tertiary/aromatic N) is 1. The second kappa shape index (κ2) is 10.4. The summed E-state index contributed by atoms with van der Waals surface area (Å²) in [5, 5.41) is 3.17. The summed E-state index contributed by atoms with van der Waals surface area (Å²) in [6, 6.07) is 10.0. The van der Waals surface area contributed by atoms with Crippen molar-refractivity contribution >= 4 is 39.3 Å². The number of ether oxygens (including phenoxy) is 2. The minimum atomic E-state index is -1.05. The molecule has 1 N–H and O–H groups in total. The van der Waals surface area contributed by atoms with Gasteiger partial charge in [-0.1, -0.05) is 43.0 Å². The Hall–Kier alpha value is -4.18. The van der Waals surface area contributed by atoms with E-state index < -0.39 is 23.4 Å². The van der Waals surface area contributed by atoms with E-state index in [9.17, 15) is 14.4 Å². The highest BCUT2D eigenvalue weighted by Gasteiger charge is 2.27. The zero-order valence-corrected chi connectivity index (χ0v) is 19.8. The maximum absolute atomic E-state index is 13.3. The van der Waals surface area contributed by atoms with Crippen molar-refractivity contribution in [2.24, 2.45) is 0 Å². The Morgan fingerprint density at radius 2 is 2.06 bits per heavy atom. The lowest BCUT2D eigenvalue weighted by atomic mass is 10.2. The molecule has 1 amide bonds. The number of aromatic nitrogens is 1. The Labute approximate surface area is 204 Å². The van der Waals surface area contributed by atoms with Crippen LogP contribution in [0.3, 0.4) is 0 Å². The highest BCUT2D eigenvalue weighted by atomic mass is 32.1. The van der Waals surface area contributed by atoms with Crippen LogP contribution in [-0.4, -0.2) is 29.6 Å². The molecule has 180 valence electrons. The average Bonchev–Trinajstić information content (AvgIpc) is 3.52. The van der Waals surface area contributed by atoms with Gasteiger partial charge in [-0.2, -0.15) is 0 Å². The average molecular weight is 495 g/mol. The molecule has 0 aliphatic heterocycles. The number of hydrogen-bond acceptors (Lipinski definition) is 9. The quantitative estimate of drug-likeness (QED) is 0.256. The fourth-order valence-corrected chi connectivity index (χ4v) is 4.15. The van der Waals surface area contributed by atoms with Gasteiger partial charge in [0.1, 0.15) is 17.1 Å². The van der Waals surface area contributed by atoms with Gasteiger partial charge < -0.3 is 18.3 Å². The molecule has 0 radical (unpaired) electrons. The van der Waals surface area contributed by atoms with E-state index in [1.165, 1.54) is 12.3 Å². The molecule has 4 rings (SSSR count). The number of furan rings is 1. The molecule has 3 heterocycles. The van der Waals surface area contributed by atoms with Crippen molar-refractivity contribution in [2.75, 3.05) is 11.9 Å². The van der Waals surface area contributed by atoms with Crippen molar-refractivity contribution in [3.63, 3.8) is 0 Å². The zero-order valence-electron chi connectivity index (χ0n) is 19.0. The van der Waals surface area contributed by atoms with Gasteiger partial charge in [-0.15, -0.1) is 0 Å². The number of thiazole rings is 1. The topological polar surface area (TPSA) is 121 Å². The third-order valence-electron chi connectivity index (χ3n) is 4.97. The number of rotatable bonds is 9. The van der Waals surface area contributed by atoms with Gasteiger partial charge in [0.15, 0.2) is 17.0 Å². The molecule has 0 fully saturated rings. The SMILES string of the molecule is C=CCOC(=O)c1sc(NC(=O)C(CC)Oc2c(-c3ccco3)oc3ccccc3c2=O)nc1C. The molecule has 1 atom stereocenters. The van der Waals surface area contributed by atoms with Crippen molar-refractivity contribution in [3.05, 3.63) is 76.1 Å². The summed E-state index contributed by atoms with van der Waals surface area (Å²) in [6.07, 6.45) is 2.10. The maximum atomic E-state index is 13.3. The summed E-state index contributed by atoms with van der Waals surface area (Å²) >= 11 is 0.984. The number of carbonyl (C=O) groups is 2. The lowest BCUT2D eigenvalue weighted by Gasteiger charge is -2.17. The molecule has 1 aromatic carbocycles. The highest BCUT2D eigenvalue weighted by molar-refractivity contribution is 7.17. The molecule has 0 spiro atoms. The van der Waals surface area contributed by atoms with Crippen LogP contribution in [0.2, 0.25) is 0 Å². The first-order valence-corrected chi connectivity index (χ1v) is 11.6. The van der Waals surface area contributed by atoms with Crippen LogP contribution in [0.5, 0.6) is 5.75 Å². The number of anilines is 1. The van der Waals surface area contributed by atoms with Crippen LogP contribution in [0.25, 0.3) is 22.5 Å². The molecule has 0 saturated carbocycles. The second-order valence-electron chi connectivity index (χ2n) is 7.39. The third kappa shape index (κ3) is 5.02. The molecule has 1 unspecified atom stereocenters. The van der Waals surface area contributed by atoms with E-state index in [4.69, 9.17) is 18.3 Å². The highest BCUT2D eigenvalue weighted by Crippen LogP contribution is 2.32. The fourth-order valence-electron chi connectivity index (χ4n) is 3.29. The number of carbonyl (C=O) groups excluding carboxylic acids is 2. The number of aryl methyl sites for hydroxylation is 1.